The zero-order chi connectivity index (χ0) is 24.3. The first-order valence-corrected chi connectivity index (χ1v) is 11.0. The smallest absolute Gasteiger partial charge is 0.326 e. The van der Waals surface area contributed by atoms with Gasteiger partial charge in [0, 0.05) is 6.42 Å². The van der Waals surface area contributed by atoms with Gasteiger partial charge in [-0.25, -0.2) is 4.79 Å². The van der Waals surface area contributed by atoms with Crippen molar-refractivity contribution < 1.29 is 24.3 Å². The van der Waals surface area contributed by atoms with E-state index in [0.29, 0.717) is 12.8 Å². The zero-order valence-corrected chi connectivity index (χ0v) is 19.3. The van der Waals surface area contributed by atoms with Crippen molar-refractivity contribution in [2.75, 3.05) is 6.54 Å². The predicted octanol–water partition coefficient (Wildman–Crippen LogP) is 0.819. The summed E-state index contributed by atoms with van der Waals surface area (Å²) in [6, 6.07) is 6.15. The molecule has 0 aliphatic carbocycles. The Hall–Kier alpha value is -2.94. The second kappa shape index (κ2) is 13.5. The molecule has 0 bridgehead atoms. The van der Waals surface area contributed by atoms with E-state index in [-0.39, 0.29) is 24.8 Å². The van der Waals surface area contributed by atoms with Crippen LogP contribution < -0.4 is 21.7 Å². The monoisotopic (exact) mass is 448 g/mol. The van der Waals surface area contributed by atoms with Crippen LogP contribution in [0.3, 0.4) is 0 Å². The molecule has 6 N–H and O–H groups in total. The highest BCUT2D eigenvalue weighted by atomic mass is 16.4. The Labute approximate surface area is 189 Å². The van der Waals surface area contributed by atoms with Crippen LogP contribution in [0.25, 0.3) is 0 Å². The van der Waals surface area contributed by atoms with Crippen LogP contribution in [-0.2, 0) is 25.6 Å². The number of aliphatic carboxylic acids is 1. The molecule has 1 aromatic rings. The van der Waals surface area contributed by atoms with Crippen LogP contribution in [0.2, 0.25) is 0 Å². The summed E-state index contributed by atoms with van der Waals surface area (Å²) in [6.45, 7) is 7.14. The summed E-state index contributed by atoms with van der Waals surface area (Å²) < 4.78 is 0. The number of carbonyl (C=O) groups is 4. The fourth-order valence-electron chi connectivity index (χ4n) is 3.22. The number of amides is 3. The second-order valence-corrected chi connectivity index (χ2v) is 8.41. The van der Waals surface area contributed by atoms with Crippen molar-refractivity contribution in [1.82, 2.24) is 16.0 Å². The van der Waals surface area contributed by atoms with Crippen molar-refractivity contribution in [3.05, 3.63) is 35.9 Å². The van der Waals surface area contributed by atoms with Gasteiger partial charge < -0.3 is 26.8 Å². The van der Waals surface area contributed by atoms with Gasteiger partial charge in [0.15, 0.2) is 0 Å². The van der Waals surface area contributed by atoms with Crippen LogP contribution in [0, 0.1) is 11.8 Å². The number of rotatable bonds is 13. The molecule has 0 fully saturated rings. The van der Waals surface area contributed by atoms with E-state index in [0.717, 1.165) is 5.56 Å². The van der Waals surface area contributed by atoms with Crippen LogP contribution in [0.4, 0.5) is 0 Å². The molecule has 4 atom stereocenters. The molecule has 4 unspecified atom stereocenters. The maximum atomic E-state index is 13.0. The van der Waals surface area contributed by atoms with Gasteiger partial charge in [-0.2, -0.15) is 0 Å². The molecule has 0 aliphatic heterocycles. The highest BCUT2D eigenvalue weighted by Gasteiger charge is 2.31. The van der Waals surface area contributed by atoms with Gasteiger partial charge in [0.2, 0.25) is 17.7 Å². The lowest BCUT2D eigenvalue weighted by atomic mass is 9.97. The number of carbonyl (C=O) groups excluding carboxylic acids is 3. The first-order chi connectivity index (χ1) is 15.1. The van der Waals surface area contributed by atoms with Gasteiger partial charge in [0.25, 0.3) is 0 Å². The van der Waals surface area contributed by atoms with E-state index in [1.807, 2.05) is 51.1 Å². The first kappa shape index (κ1) is 27.1. The molecule has 1 aromatic carbocycles. The van der Waals surface area contributed by atoms with Gasteiger partial charge in [-0.15, -0.1) is 0 Å². The van der Waals surface area contributed by atoms with E-state index < -0.39 is 41.8 Å². The fourth-order valence-corrected chi connectivity index (χ4v) is 3.22. The van der Waals surface area contributed by atoms with Gasteiger partial charge in [0.05, 0.1) is 6.54 Å². The fraction of sp³-hybridized carbons (Fsp3) is 0.565. The van der Waals surface area contributed by atoms with E-state index in [2.05, 4.69) is 16.0 Å². The largest absolute Gasteiger partial charge is 0.480 e. The van der Waals surface area contributed by atoms with Crippen molar-refractivity contribution in [2.24, 2.45) is 17.6 Å². The molecule has 3 amide bonds. The van der Waals surface area contributed by atoms with Gasteiger partial charge in [0.1, 0.15) is 18.1 Å². The lowest BCUT2D eigenvalue weighted by molar-refractivity contribution is -0.143. The van der Waals surface area contributed by atoms with Crippen LogP contribution >= 0.6 is 0 Å². The molecule has 0 spiro atoms. The number of carboxylic acids is 1. The summed E-state index contributed by atoms with van der Waals surface area (Å²) in [5.74, 6) is -2.91. The number of nitrogens with two attached hydrogens (primary N) is 1. The van der Waals surface area contributed by atoms with Gasteiger partial charge in [-0.1, -0.05) is 64.4 Å². The number of hydrogen-bond donors (Lipinski definition) is 5. The molecule has 0 heterocycles. The summed E-state index contributed by atoms with van der Waals surface area (Å²) in [5.41, 5.74) is 6.16. The van der Waals surface area contributed by atoms with E-state index >= 15 is 0 Å². The number of nitrogens with one attached hydrogen (secondary N) is 3. The van der Waals surface area contributed by atoms with E-state index in [1.165, 1.54) is 0 Å². The molecule has 32 heavy (non-hydrogen) atoms. The Morgan fingerprint density at radius 2 is 1.53 bits per heavy atom. The lowest BCUT2D eigenvalue weighted by Crippen LogP contribution is -2.57. The van der Waals surface area contributed by atoms with E-state index in [1.54, 1.807) is 6.92 Å². The van der Waals surface area contributed by atoms with Crippen molar-refractivity contribution in [1.29, 1.82) is 0 Å². The second-order valence-electron chi connectivity index (χ2n) is 8.41. The third-order valence-electron chi connectivity index (χ3n) is 5.24. The van der Waals surface area contributed by atoms with Gasteiger partial charge in [-0.05, 0) is 23.8 Å². The van der Waals surface area contributed by atoms with Gasteiger partial charge in [-0.3, -0.25) is 14.4 Å². The minimum atomic E-state index is -1.13. The maximum Gasteiger partial charge on any atom is 0.326 e. The molecule has 0 aliphatic rings. The lowest BCUT2D eigenvalue weighted by Gasteiger charge is -2.26. The Morgan fingerprint density at radius 3 is 2.03 bits per heavy atom. The normalized spacial score (nSPS) is 14.7. The Balaban J connectivity index is 3.10. The van der Waals surface area contributed by atoms with Crippen LogP contribution in [0.15, 0.2) is 30.3 Å². The topological polar surface area (TPSA) is 151 Å². The molecule has 1 rings (SSSR count). The zero-order valence-electron chi connectivity index (χ0n) is 19.3. The number of benzene rings is 1. The SMILES string of the molecule is CCC(C)C(NC(=O)C(Cc1ccccc1)NC(=O)C(CC(C)C)NC(=O)CN)C(=O)O. The minimum Gasteiger partial charge on any atom is -0.480 e. The standard InChI is InChI=1S/C23H36N4O5/c1-5-15(4)20(23(31)32)27-22(30)18(12-16-9-7-6-8-10-16)26-21(29)17(11-14(2)3)25-19(28)13-24/h6-10,14-15,17-18,20H,5,11-13,24H2,1-4H3,(H,25,28)(H,26,29)(H,27,30)(H,31,32). The van der Waals surface area contributed by atoms with Crippen LogP contribution in [0.1, 0.15) is 46.1 Å². The van der Waals surface area contributed by atoms with E-state index in [4.69, 9.17) is 5.73 Å². The molecule has 9 nitrogen and oxygen atoms in total. The first-order valence-electron chi connectivity index (χ1n) is 11.0. The minimum absolute atomic E-state index is 0.104. The van der Waals surface area contributed by atoms with Crippen LogP contribution in [-0.4, -0.2) is 53.5 Å². The summed E-state index contributed by atoms with van der Waals surface area (Å²) in [4.78, 5) is 49.5. The summed E-state index contributed by atoms with van der Waals surface area (Å²) in [6.07, 6.45) is 1.10. The molecular weight excluding hydrogens is 412 g/mol. The molecule has 178 valence electrons. The molecule has 0 radical (unpaired) electrons. The molecule has 0 saturated carbocycles. The average Bonchev–Trinajstić information content (AvgIpc) is 2.75. The van der Waals surface area contributed by atoms with Crippen molar-refractivity contribution in [3.63, 3.8) is 0 Å². The number of carboxylic acid groups (broad SMARTS) is 1. The predicted molar refractivity (Wildman–Crippen MR) is 122 cm³/mol. The van der Waals surface area contributed by atoms with Gasteiger partial charge >= 0.3 is 5.97 Å². The molecule has 0 saturated heterocycles. The molecule has 0 aromatic heterocycles. The maximum absolute atomic E-state index is 13.0. The third kappa shape index (κ3) is 9.05. The molecular formula is C23H36N4O5. The molecule has 9 heteroatoms. The summed E-state index contributed by atoms with van der Waals surface area (Å²) >= 11 is 0. The Kier molecular flexibility index (Phi) is 11.4. The average molecular weight is 449 g/mol. The third-order valence-corrected chi connectivity index (χ3v) is 5.24. The van der Waals surface area contributed by atoms with E-state index in [9.17, 15) is 24.3 Å². The van der Waals surface area contributed by atoms with Crippen molar-refractivity contribution in [3.8, 4) is 0 Å². The summed E-state index contributed by atoms with van der Waals surface area (Å²) in [5, 5.41) is 17.4. The highest BCUT2D eigenvalue weighted by molar-refractivity contribution is 5.93. The Morgan fingerprint density at radius 1 is 0.938 bits per heavy atom. The highest BCUT2D eigenvalue weighted by Crippen LogP contribution is 2.11. The quantitative estimate of drug-likeness (QED) is 0.301. The summed E-state index contributed by atoms with van der Waals surface area (Å²) in [7, 11) is 0. The number of hydrogen-bond acceptors (Lipinski definition) is 5. The van der Waals surface area contributed by atoms with Crippen LogP contribution in [0.5, 0.6) is 0 Å². The van der Waals surface area contributed by atoms with Crippen molar-refractivity contribution >= 4 is 23.7 Å². The Bertz CT molecular complexity index is 769. The van der Waals surface area contributed by atoms with Crippen molar-refractivity contribution in [2.45, 2.75) is 65.1 Å².